The lowest BCUT2D eigenvalue weighted by molar-refractivity contribution is -0.170. The normalized spacial score (nSPS) is 31.9. The number of nitrogen functional groups attached to an aromatic ring is 1. The summed E-state index contributed by atoms with van der Waals surface area (Å²) < 4.78 is 61.7. The van der Waals surface area contributed by atoms with Crippen molar-refractivity contribution in [3.05, 3.63) is 41.6 Å². The molecular weight excluding hydrogens is 644 g/mol. The maximum Gasteiger partial charge on any atom is 0.469 e. The molecule has 0 amide bonds. The molecule has 0 bridgehead atoms. The summed E-state index contributed by atoms with van der Waals surface area (Å²) in [5.41, 5.74) is 4.04. The smallest absolute Gasteiger partial charge is 0.390 e. The molecule has 3 fully saturated rings. The zero-order chi connectivity index (χ0) is 31.9. The van der Waals surface area contributed by atoms with Crippen molar-refractivity contribution in [1.29, 1.82) is 0 Å². The van der Waals surface area contributed by atoms with Crippen LogP contribution in [0.4, 0.5) is 5.82 Å². The van der Waals surface area contributed by atoms with Crippen molar-refractivity contribution in [1.82, 2.24) is 29.1 Å². The predicted octanol–water partition coefficient (Wildman–Crippen LogP) is -0.587. The highest BCUT2D eigenvalue weighted by Gasteiger charge is 2.57. The van der Waals surface area contributed by atoms with Crippen molar-refractivity contribution in [2.24, 2.45) is 0 Å². The topological polar surface area (TPSA) is 275 Å². The van der Waals surface area contributed by atoms with Crippen molar-refractivity contribution in [3.63, 3.8) is 0 Å². The van der Waals surface area contributed by atoms with Gasteiger partial charge < -0.3 is 49.0 Å². The second-order valence-electron chi connectivity index (χ2n) is 10.6. The first-order valence-electron chi connectivity index (χ1n) is 13.8. The Bertz CT molecular complexity index is 1660. The van der Waals surface area contributed by atoms with Crippen LogP contribution in [0.15, 0.2) is 35.9 Å². The van der Waals surface area contributed by atoms with Gasteiger partial charge in [0.15, 0.2) is 18.2 Å². The van der Waals surface area contributed by atoms with Crippen LogP contribution in [0, 0.1) is 0 Å². The molecule has 3 unspecified atom stereocenters. The number of phosphoric acid groups is 1. The van der Waals surface area contributed by atoms with Crippen LogP contribution in [0.5, 0.6) is 0 Å². The molecule has 3 saturated heterocycles. The van der Waals surface area contributed by atoms with E-state index in [1.807, 2.05) is 0 Å². The molecule has 9 atom stereocenters. The standard InChI is InChI=1S/C23H31N7O13P2/c24-16-3-4-29(23(32)28-16)22-19(43-18-2-1-5-38-18)20(15(42-22)9-40-45(35,36)37)44(33,34)39-8-14-13(31)6-17(41-14)30-11-27-12-7-25-10-26-21(12)30/h3-4,7,10-11,13-15,17-20,22,31H,1-2,5-6,8-9H2,(H,33,34)(H2,24,28,32)(H2,35,36,37)/t13?,14-,15-,17-,18?,19-,20-,22-/m1/s1. The van der Waals surface area contributed by atoms with Gasteiger partial charge in [0.05, 0.1) is 31.8 Å². The van der Waals surface area contributed by atoms with E-state index in [0.29, 0.717) is 30.6 Å². The number of ether oxygens (including phenoxy) is 4. The molecule has 20 nitrogen and oxygen atoms in total. The predicted molar refractivity (Wildman–Crippen MR) is 148 cm³/mol. The molecule has 0 aromatic carbocycles. The zero-order valence-corrected chi connectivity index (χ0v) is 25.2. The summed E-state index contributed by atoms with van der Waals surface area (Å²) in [6.07, 6.45) is -1.46. The Kier molecular flexibility index (Phi) is 9.19. The molecule has 0 saturated carbocycles. The van der Waals surface area contributed by atoms with Crippen molar-refractivity contribution in [2.45, 2.75) is 68.1 Å². The zero-order valence-electron chi connectivity index (χ0n) is 23.4. The number of imidazole rings is 1. The summed E-state index contributed by atoms with van der Waals surface area (Å²) in [5.74, 6) is -0.0931. The fourth-order valence-electron chi connectivity index (χ4n) is 5.54. The number of hydrogen-bond donors (Lipinski definition) is 5. The molecule has 0 radical (unpaired) electrons. The van der Waals surface area contributed by atoms with E-state index in [9.17, 15) is 33.7 Å². The molecule has 3 aromatic heterocycles. The van der Waals surface area contributed by atoms with Crippen molar-refractivity contribution in [3.8, 4) is 0 Å². The summed E-state index contributed by atoms with van der Waals surface area (Å²) in [5, 5.41) is 10.7. The minimum Gasteiger partial charge on any atom is -0.390 e. The first-order chi connectivity index (χ1) is 21.4. The molecule has 22 heteroatoms. The average molecular weight is 675 g/mol. The number of rotatable bonds is 11. The van der Waals surface area contributed by atoms with Gasteiger partial charge in [0.2, 0.25) is 0 Å². The molecule has 0 spiro atoms. The largest absolute Gasteiger partial charge is 0.469 e. The van der Waals surface area contributed by atoms with Crippen LogP contribution < -0.4 is 11.4 Å². The Hall–Kier alpha value is -2.71. The van der Waals surface area contributed by atoms with Crippen molar-refractivity contribution < 1.29 is 56.9 Å². The van der Waals surface area contributed by atoms with Crippen LogP contribution in [0.3, 0.4) is 0 Å². The Labute approximate surface area is 253 Å². The van der Waals surface area contributed by atoms with Gasteiger partial charge >= 0.3 is 21.1 Å². The summed E-state index contributed by atoms with van der Waals surface area (Å²) in [6.45, 7) is -1.09. The number of fused-ring (bicyclic) bond motifs is 1. The monoisotopic (exact) mass is 675 g/mol. The Morgan fingerprint density at radius 2 is 1.89 bits per heavy atom. The van der Waals surface area contributed by atoms with Crippen LogP contribution in [0.1, 0.15) is 31.7 Å². The molecule has 3 aliphatic rings. The highest BCUT2D eigenvalue weighted by atomic mass is 31.2. The number of hydrogen-bond acceptors (Lipinski definition) is 15. The number of aliphatic hydroxyl groups excluding tert-OH is 1. The van der Waals surface area contributed by atoms with Crippen LogP contribution in [0.2, 0.25) is 0 Å². The van der Waals surface area contributed by atoms with Crippen LogP contribution in [-0.4, -0.2) is 105 Å². The molecule has 6 rings (SSSR count). The van der Waals surface area contributed by atoms with Crippen molar-refractivity contribution in [2.75, 3.05) is 25.6 Å². The van der Waals surface area contributed by atoms with E-state index < -0.39 is 83.1 Å². The summed E-state index contributed by atoms with van der Waals surface area (Å²) in [7, 11) is -9.97. The number of phosphoric ester groups is 1. The van der Waals surface area contributed by atoms with Crippen molar-refractivity contribution >= 4 is 32.4 Å². The molecule has 3 aromatic rings. The van der Waals surface area contributed by atoms with Gasteiger partial charge in [-0.1, -0.05) is 0 Å². The average Bonchev–Trinajstić information content (AvgIpc) is 3.77. The van der Waals surface area contributed by atoms with Crippen LogP contribution in [0.25, 0.3) is 11.2 Å². The maximum absolute atomic E-state index is 14.0. The van der Waals surface area contributed by atoms with E-state index in [4.69, 9.17) is 29.2 Å². The Morgan fingerprint density at radius 1 is 1.09 bits per heavy atom. The number of nitrogens with zero attached hydrogens (tertiary/aromatic N) is 6. The lowest BCUT2D eigenvalue weighted by atomic mass is 10.2. The van der Waals surface area contributed by atoms with E-state index in [1.165, 1.54) is 31.1 Å². The fourth-order valence-corrected chi connectivity index (χ4v) is 7.58. The van der Waals surface area contributed by atoms with Gasteiger partial charge in [-0.3, -0.25) is 18.2 Å². The Balaban J connectivity index is 1.25. The minimum atomic E-state index is -5.07. The van der Waals surface area contributed by atoms with Gasteiger partial charge in [-0.05, 0) is 12.5 Å². The van der Waals surface area contributed by atoms with Crippen LogP contribution in [-0.2, 0) is 37.1 Å². The fraction of sp³-hybridized carbons (Fsp3) is 0.609. The van der Waals surface area contributed by atoms with E-state index in [1.54, 1.807) is 4.57 Å². The third kappa shape index (κ3) is 7.02. The SMILES string of the molecule is Nc1ccn([C@@H]2O[C@H](COP(=O)(O)O)[C@@H](P(=O)(O)OC[C@H]3O[C@@H](n4cnc5cncnc54)CC3O)[C@H]2OC2CCCO2)c(=O)n1. The maximum atomic E-state index is 14.0. The number of aliphatic hydroxyl groups is 1. The minimum absolute atomic E-state index is 0.0877. The highest BCUT2D eigenvalue weighted by molar-refractivity contribution is 7.53. The van der Waals surface area contributed by atoms with Gasteiger partial charge in [-0.2, -0.15) is 4.98 Å². The second kappa shape index (κ2) is 12.8. The van der Waals surface area contributed by atoms with Gasteiger partial charge in [0, 0.05) is 25.6 Å². The lowest BCUT2D eigenvalue weighted by Gasteiger charge is -2.30. The number of anilines is 1. The molecule has 6 N–H and O–H groups in total. The third-order valence-corrected chi connectivity index (χ3v) is 9.98. The third-order valence-electron chi connectivity index (χ3n) is 7.60. The van der Waals surface area contributed by atoms with Gasteiger partial charge in [-0.15, -0.1) is 0 Å². The number of nitrogens with two attached hydrogens (primary N) is 1. The molecule has 3 aliphatic heterocycles. The molecule has 0 aliphatic carbocycles. The molecule has 6 heterocycles. The van der Waals surface area contributed by atoms with Gasteiger partial charge in [0.1, 0.15) is 47.9 Å². The molecule has 45 heavy (non-hydrogen) atoms. The van der Waals surface area contributed by atoms with Crippen LogP contribution >= 0.6 is 15.4 Å². The first kappa shape index (κ1) is 32.2. The van der Waals surface area contributed by atoms with E-state index >= 15 is 0 Å². The van der Waals surface area contributed by atoms with E-state index in [2.05, 4.69) is 24.5 Å². The number of aromatic nitrogens is 6. The molecular formula is C23H31N7O13P2. The highest BCUT2D eigenvalue weighted by Crippen LogP contribution is 2.57. The van der Waals surface area contributed by atoms with E-state index in [0.717, 1.165) is 4.57 Å². The lowest BCUT2D eigenvalue weighted by Crippen LogP contribution is -2.41. The molecule has 246 valence electrons. The van der Waals surface area contributed by atoms with Gasteiger partial charge in [-0.25, -0.2) is 24.3 Å². The Morgan fingerprint density at radius 3 is 2.62 bits per heavy atom. The summed E-state index contributed by atoms with van der Waals surface area (Å²) in [6, 6.07) is 1.29. The summed E-state index contributed by atoms with van der Waals surface area (Å²) >= 11 is 0. The van der Waals surface area contributed by atoms with E-state index in [-0.39, 0.29) is 12.2 Å². The second-order valence-corrected chi connectivity index (χ2v) is 13.8. The summed E-state index contributed by atoms with van der Waals surface area (Å²) in [4.78, 5) is 58.8. The first-order valence-corrected chi connectivity index (χ1v) is 17.0. The quantitative estimate of drug-likeness (QED) is 0.159. The van der Waals surface area contributed by atoms with Gasteiger partial charge in [0.25, 0.3) is 0 Å².